The van der Waals surface area contributed by atoms with Gasteiger partial charge in [0.15, 0.2) is 0 Å². The summed E-state index contributed by atoms with van der Waals surface area (Å²) in [6.45, 7) is 6.43. The molecule has 0 radical (unpaired) electrons. The van der Waals surface area contributed by atoms with E-state index in [1.807, 2.05) is 12.1 Å². The molecule has 2 fully saturated rings. The van der Waals surface area contributed by atoms with Crippen molar-refractivity contribution in [1.29, 1.82) is 0 Å². The van der Waals surface area contributed by atoms with E-state index < -0.39 is 0 Å². The highest BCUT2D eigenvalue weighted by Gasteiger charge is 2.23. The second-order valence-corrected chi connectivity index (χ2v) is 6.65. The van der Waals surface area contributed by atoms with E-state index in [4.69, 9.17) is 4.74 Å². The molecular weight excluding hydrogens is 276 g/mol. The monoisotopic (exact) mass is 302 g/mol. The SMILES string of the molecule is CC1CCN(Cc2ccc(NC(=O)[C@@H]3CCCO3)cc2)CC1. The van der Waals surface area contributed by atoms with Crippen LogP contribution in [-0.4, -0.2) is 36.6 Å². The molecule has 0 aromatic heterocycles. The molecule has 2 aliphatic heterocycles. The van der Waals surface area contributed by atoms with Crippen LogP contribution in [0, 0.1) is 5.92 Å². The molecule has 0 bridgehead atoms. The quantitative estimate of drug-likeness (QED) is 0.929. The zero-order chi connectivity index (χ0) is 15.4. The maximum absolute atomic E-state index is 12.0. The molecule has 0 aliphatic carbocycles. The molecule has 2 heterocycles. The molecule has 2 aliphatic rings. The summed E-state index contributed by atoms with van der Waals surface area (Å²) in [5.41, 5.74) is 2.17. The molecule has 1 aromatic rings. The largest absolute Gasteiger partial charge is 0.368 e. The molecule has 1 amide bonds. The van der Waals surface area contributed by atoms with E-state index in [0.29, 0.717) is 6.61 Å². The zero-order valence-corrected chi connectivity index (χ0v) is 13.4. The Morgan fingerprint density at radius 2 is 1.95 bits per heavy atom. The number of ether oxygens (including phenoxy) is 1. The normalized spacial score (nSPS) is 23.6. The summed E-state index contributed by atoms with van der Waals surface area (Å²) >= 11 is 0. The standard InChI is InChI=1S/C18H26N2O2/c1-14-8-10-20(11-9-14)13-15-4-6-16(7-5-15)19-18(21)17-3-2-12-22-17/h4-7,14,17H,2-3,8-13H2,1H3,(H,19,21)/t17-/m0/s1. The van der Waals surface area contributed by atoms with Crippen LogP contribution in [0.5, 0.6) is 0 Å². The van der Waals surface area contributed by atoms with Crippen molar-refractivity contribution < 1.29 is 9.53 Å². The van der Waals surface area contributed by atoms with Gasteiger partial charge in [0.25, 0.3) is 5.91 Å². The van der Waals surface area contributed by atoms with E-state index in [9.17, 15) is 4.79 Å². The van der Waals surface area contributed by atoms with Gasteiger partial charge < -0.3 is 10.1 Å². The predicted octanol–water partition coefficient (Wildman–Crippen LogP) is 3.04. The van der Waals surface area contributed by atoms with Crippen LogP contribution in [0.3, 0.4) is 0 Å². The summed E-state index contributed by atoms with van der Waals surface area (Å²) < 4.78 is 5.40. The van der Waals surface area contributed by atoms with Gasteiger partial charge in [-0.15, -0.1) is 0 Å². The van der Waals surface area contributed by atoms with E-state index in [1.165, 1.54) is 31.5 Å². The van der Waals surface area contributed by atoms with E-state index in [1.54, 1.807) is 0 Å². The summed E-state index contributed by atoms with van der Waals surface area (Å²) in [5, 5.41) is 2.94. The number of rotatable bonds is 4. The number of nitrogens with zero attached hydrogens (tertiary/aromatic N) is 1. The fraction of sp³-hybridized carbons (Fsp3) is 0.611. The molecule has 1 aromatic carbocycles. The second-order valence-electron chi connectivity index (χ2n) is 6.65. The van der Waals surface area contributed by atoms with Crippen LogP contribution in [0.25, 0.3) is 0 Å². The zero-order valence-electron chi connectivity index (χ0n) is 13.4. The predicted molar refractivity (Wildman–Crippen MR) is 87.7 cm³/mol. The summed E-state index contributed by atoms with van der Waals surface area (Å²) in [5.74, 6) is 0.849. The molecule has 22 heavy (non-hydrogen) atoms. The van der Waals surface area contributed by atoms with Crippen molar-refractivity contribution >= 4 is 11.6 Å². The van der Waals surface area contributed by atoms with Gasteiger partial charge in [-0.2, -0.15) is 0 Å². The number of anilines is 1. The van der Waals surface area contributed by atoms with Crippen molar-refractivity contribution in [2.24, 2.45) is 5.92 Å². The highest BCUT2D eigenvalue weighted by atomic mass is 16.5. The minimum Gasteiger partial charge on any atom is -0.368 e. The van der Waals surface area contributed by atoms with E-state index in [-0.39, 0.29) is 12.0 Å². The number of carbonyl (C=O) groups is 1. The Morgan fingerprint density at radius 3 is 2.59 bits per heavy atom. The van der Waals surface area contributed by atoms with Crippen molar-refractivity contribution in [1.82, 2.24) is 4.90 Å². The molecule has 0 saturated carbocycles. The van der Waals surface area contributed by atoms with Crippen molar-refractivity contribution in [3.8, 4) is 0 Å². The third kappa shape index (κ3) is 4.08. The van der Waals surface area contributed by atoms with Gasteiger partial charge in [-0.3, -0.25) is 9.69 Å². The average molecular weight is 302 g/mol. The third-order valence-electron chi connectivity index (χ3n) is 4.73. The number of benzene rings is 1. The Morgan fingerprint density at radius 1 is 1.23 bits per heavy atom. The number of carbonyl (C=O) groups excluding carboxylic acids is 1. The fourth-order valence-electron chi connectivity index (χ4n) is 3.18. The van der Waals surface area contributed by atoms with Crippen molar-refractivity contribution in [2.45, 2.75) is 45.3 Å². The van der Waals surface area contributed by atoms with Gasteiger partial charge >= 0.3 is 0 Å². The highest BCUT2D eigenvalue weighted by molar-refractivity contribution is 5.94. The molecule has 2 saturated heterocycles. The molecular formula is C18H26N2O2. The molecule has 4 heteroatoms. The first kappa shape index (κ1) is 15.5. The molecule has 1 N–H and O–H groups in total. The third-order valence-corrected chi connectivity index (χ3v) is 4.73. The van der Waals surface area contributed by atoms with E-state index in [2.05, 4.69) is 29.3 Å². The van der Waals surface area contributed by atoms with Gasteiger partial charge in [0.05, 0.1) is 0 Å². The summed E-state index contributed by atoms with van der Waals surface area (Å²) in [6, 6.07) is 8.22. The van der Waals surface area contributed by atoms with Gasteiger partial charge in [0, 0.05) is 18.8 Å². The molecule has 3 rings (SSSR count). The Kier molecular flexibility index (Phi) is 5.11. The van der Waals surface area contributed by atoms with E-state index >= 15 is 0 Å². The highest BCUT2D eigenvalue weighted by Crippen LogP contribution is 2.19. The minimum atomic E-state index is -0.269. The molecule has 0 spiro atoms. The first-order valence-electron chi connectivity index (χ1n) is 8.44. The smallest absolute Gasteiger partial charge is 0.253 e. The minimum absolute atomic E-state index is 0.0183. The Labute approximate surface area is 132 Å². The Hall–Kier alpha value is -1.39. The fourth-order valence-corrected chi connectivity index (χ4v) is 3.18. The van der Waals surface area contributed by atoms with Crippen LogP contribution in [0.1, 0.15) is 38.2 Å². The first-order chi connectivity index (χ1) is 10.7. The molecule has 0 unspecified atom stereocenters. The van der Waals surface area contributed by atoms with Gasteiger partial charge in [0.1, 0.15) is 6.10 Å². The molecule has 4 nitrogen and oxygen atoms in total. The van der Waals surface area contributed by atoms with Crippen molar-refractivity contribution in [2.75, 3.05) is 25.0 Å². The summed E-state index contributed by atoms with van der Waals surface area (Å²) in [7, 11) is 0. The van der Waals surface area contributed by atoms with E-state index in [0.717, 1.165) is 31.0 Å². The average Bonchev–Trinajstić information content (AvgIpc) is 3.06. The van der Waals surface area contributed by atoms with Crippen molar-refractivity contribution in [3.63, 3.8) is 0 Å². The maximum Gasteiger partial charge on any atom is 0.253 e. The lowest BCUT2D eigenvalue weighted by Crippen LogP contribution is -2.32. The number of piperidine rings is 1. The Balaban J connectivity index is 1.50. The van der Waals surface area contributed by atoms with Crippen LogP contribution in [-0.2, 0) is 16.1 Å². The van der Waals surface area contributed by atoms with Crippen LogP contribution >= 0.6 is 0 Å². The van der Waals surface area contributed by atoms with Gasteiger partial charge in [0.2, 0.25) is 0 Å². The number of likely N-dealkylation sites (tertiary alicyclic amines) is 1. The molecule has 120 valence electrons. The molecule has 1 atom stereocenters. The van der Waals surface area contributed by atoms with Gasteiger partial charge in [-0.1, -0.05) is 19.1 Å². The van der Waals surface area contributed by atoms with Gasteiger partial charge in [-0.25, -0.2) is 0 Å². The number of hydrogen-bond donors (Lipinski definition) is 1. The summed E-state index contributed by atoms with van der Waals surface area (Å²) in [6.07, 6.45) is 4.14. The maximum atomic E-state index is 12.0. The Bertz CT molecular complexity index is 486. The lowest BCUT2D eigenvalue weighted by atomic mass is 9.99. The van der Waals surface area contributed by atoms with Crippen molar-refractivity contribution in [3.05, 3.63) is 29.8 Å². The number of amides is 1. The number of hydrogen-bond acceptors (Lipinski definition) is 3. The second kappa shape index (κ2) is 7.25. The van der Waals surface area contributed by atoms with Crippen LogP contribution in [0.4, 0.5) is 5.69 Å². The lowest BCUT2D eigenvalue weighted by Gasteiger charge is -2.30. The van der Waals surface area contributed by atoms with Crippen LogP contribution in [0.2, 0.25) is 0 Å². The topological polar surface area (TPSA) is 41.6 Å². The summed E-state index contributed by atoms with van der Waals surface area (Å²) in [4.78, 5) is 14.5. The van der Waals surface area contributed by atoms with Crippen LogP contribution < -0.4 is 5.32 Å². The van der Waals surface area contributed by atoms with Crippen LogP contribution in [0.15, 0.2) is 24.3 Å². The number of nitrogens with one attached hydrogen (secondary N) is 1. The van der Waals surface area contributed by atoms with Gasteiger partial charge in [-0.05, 0) is 62.4 Å². The lowest BCUT2D eigenvalue weighted by molar-refractivity contribution is -0.124. The first-order valence-corrected chi connectivity index (χ1v) is 8.44.